The number of rotatable bonds is 6. The van der Waals surface area contributed by atoms with Gasteiger partial charge in [0.1, 0.15) is 11.9 Å². The summed E-state index contributed by atoms with van der Waals surface area (Å²) in [5, 5.41) is 11.0. The van der Waals surface area contributed by atoms with Crippen molar-refractivity contribution < 1.29 is 23.9 Å². The van der Waals surface area contributed by atoms with E-state index in [0.29, 0.717) is 6.42 Å². The van der Waals surface area contributed by atoms with Crippen LogP contribution in [-0.4, -0.2) is 40.5 Å². The summed E-state index contributed by atoms with van der Waals surface area (Å²) in [7, 11) is 0. The molecule has 1 N–H and O–H groups in total. The largest absolute Gasteiger partial charge is 0.481 e. The summed E-state index contributed by atoms with van der Waals surface area (Å²) in [6.07, 6.45) is 0.0662. The Bertz CT molecular complexity index is 791. The molecule has 1 fully saturated rings. The van der Waals surface area contributed by atoms with E-state index >= 15 is 0 Å². The molecule has 3 amide bonds. The lowest BCUT2D eigenvalue weighted by Gasteiger charge is -2.20. The Morgan fingerprint density at radius 1 is 1.20 bits per heavy atom. The Hall–Kier alpha value is -2.74. The molecule has 2 heterocycles. The average Bonchev–Trinajstić information content (AvgIpc) is 3.15. The zero-order chi connectivity index (χ0) is 18.0. The lowest BCUT2D eigenvalue weighted by Crippen LogP contribution is -2.38. The van der Waals surface area contributed by atoms with Crippen LogP contribution >= 0.6 is 11.3 Å². The Morgan fingerprint density at radius 2 is 1.92 bits per heavy atom. The summed E-state index contributed by atoms with van der Waals surface area (Å²) in [6, 6.07) is 7.10. The van der Waals surface area contributed by atoms with Crippen LogP contribution < -0.4 is 4.90 Å². The van der Waals surface area contributed by atoms with E-state index in [1.54, 1.807) is 0 Å². The Morgan fingerprint density at radius 3 is 2.52 bits per heavy atom. The smallest absolute Gasteiger partial charge is 0.332 e. The standard InChI is InChI=1S/C17H15FN2O4S/c18-11-3-5-12(6-4-11)20-16(23)14(10-15(21)22)19(17(20)24)8-7-13-2-1-9-25-13/h1-6,9,14H,7-8,10H2,(H,21,22). The third-order valence-electron chi connectivity index (χ3n) is 3.95. The van der Waals surface area contributed by atoms with Crippen molar-refractivity contribution in [2.75, 3.05) is 11.4 Å². The van der Waals surface area contributed by atoms with Crippen molar-refractivity contribution in [3.63, 3.8) is 0 Å². The van der Waals surface area contributed by atoms with E-state index in [9.17, 15) is 18.8 Å². The van der Waals surface area contributed by atoms with E-state index in [1.807, 2.05) is 17.5 Å². The summed E-state index contributed by atoms with van der Waals surface area (Å²) in [5.74, 6) is -2.25. The molecule has 2 aromatic rings. The van der Waals surface area contributed by atoms with Crippen LogP contribution in [0.4, 0.5) is 14.9 Å². The van der Waals surface area contributed by atoms with E-state index in [0.717, 1.165) is 21.9 Å². The fraction of sp³-hybridized carbons (Fsp3) is 0.235. The van der Waals surface area contributed by atoms with Crippen LogP contribution in [0.2, 0.25) is 0 Å². The number of imide groups is 1. The third kappa shape index (κ3) is 3.53. The van der Waals surface area contributed by atoms with E-state index < -0.39 is 36.2 Å². The lowest BCUT2D eigenvalue weighted by molar-refractivity contribution is -0.139. The van der Waals surface area contributed by atoms with Gasteiger partial charge in [0.15, 0.2) is 0 Å². The number of carboxylic acids is 1. The number of carbonyl (C=O) groups is 3. The van der Waals surface area contributed by atoms with Crippen molar-refractivity contribution in [3.05, 3.63) is 52.5 Å². The van der Waals surface area contributed by atoms with Crippen LogP contribution in [0.25, 0.3) is 0 Å². The van der Waals surface area contributed by atoms with Gasteiger partial charge in [-0.05, 0) is 42.1 Å². The highest BCUT2D eigenvalue weighted by molar-refractivity contribution is 7.09. The summed E-state index contributed by atoms with van der Waals surface area (Å²) in [6.45, 7) is 0.237. The molecule has 6 nitrogen and oxygen atoms in total. The zero-order valence-electron chi connectivity index (χ0n) is 13.1. The monoisotopic (exact) mass is 362 g/mol. The molecule has 3 rings (SSSR count). The van der Waals surface area contributed by atoms with Gasteiger partial charge in [0.25, 0.3) is 5.91 Å². The molecular formula is C17H15FN2O4S. The maximum absolute atomic E-state index is 13.1. The number of benzene rings is 1. The lowest BCUT2D eigenvalue weighted by atomic mass is 10.1. The summed E-state index contributed by atoms with van der Waals surface area (Å²) < 4.78 is 13.1. The normalized spacial score (nSPS) is 17.4. The second kappa shape index (κ2) is 7.02. The van der Waals surface area contributed by atoms with Crippen LogP contribution in [0.1, 0.15) is 11.3 Å². The number of carbonyl (C=O) groups excluding carboxylic acids is 2. The Balaban J connectivity index is 1.85. The molecule has 1 aliphatic rings. The van der Waals surface area contributed by atoms with Gasteiger partial charge in [0.2, 0.25) is 0 Å². The van der Waals surface area contributed by atoms with Crippen molar-refractivity contribution in [3.8, 4) is 0 Å². The molecule has 0 bridgehead atoms. The number of halogens is 1. The van der Waals surface area contributed by atoms with E-state index in [1.165, 1.54) is 28.4 Å². The number of aliphatic carboxylic acids is 1. The number of thiophene rings is 1. The quantitative estimate of drug-likeness (QED) is 0.802. The molecule has 0 radical (unpaired) electrons. The first kappa shape index (κ1) is 17.1. The third-order valence-corrected chi connectivity index (χ3v) is 4.89. The molecule has 0 aliphatic carbocycles. The number of amides is 3. The molecule has 1 saturated heterocycles. The maximum Gasteiger partial charge on any atom is 0.332 e. The maximum atomic E-state index is 13.1. The minimum atomic E-state index is -1.16. The zero-order valence-corrected chi connectivity index (χ0v) is 13.9. The second-order valence-corrected chi connectivity index (χ2v) is 6.60. The molecule has 130 valence electrons. The van der Waals surface area contributed by atoms with E-state index in [4.69, 9.17) is 5.11 Å². The van der Waals surface area contributed by atoms with Gasteiger partial charge in [-0.3, -0.25) is 9.59 Å². The highest BCUT2D eigenvalue weighted by Gasteiger charge is 2.46. The second-order valence-electron chi connectivity index (χ2n) is 5.57. The molecule has 1 atom stereocenters. The number of hydrogen-bond acceptors (Lipinski definition) is 4. The van der Waals surface area contributed by atoms with E-state index in [2.05, 4.69) is 0 Å². The number of hydrogen-bond donors (Lipinski definition) is 1. The van der Waals surface area contributed by atoms with Crippen LogP contribution in [0, 0.1) is 5.82 Å². The molecule has 1 unspecified atom stereocenters. The van der Waals surface area contributed by atoms with Gasteiger partial charge in [0.05, 0.1) is 12.1 Å². The van der Waals surface area contributed by atoms with Crippen LogP contribution in [0.5, 0.6) is 0 Å². The van der Waals surface area contributed by atoms with E-state index in [-0.39, 0.29) is 12.2 Å². The van der Waals surface area contributed by atoms with Crippen molar-refractivity contribution in [1.82, 2.24) is 4.90 Å². The highest BCUT2D eigenvalue weighted by atomic mass is 32.1. The van der Waals surface area contributed by atoms with Crippen molar-refractivity contribution in [1.29, 1.82) is 0 Å². The predicted octanol–water partition coefficient (Wildman–Crippen LogP) is 2.74. The molecular weight excluding hydrogens is 347 g/mol. The summed E-state index contributed by atoms with van der Waals surface area (Å²) in [5.41, 5.74) is 0.227. The molecule has 0 saturated carbocycles. The first-order valence-electron chi connectivity index (χ1n) is 7.61. The summed E-state index contributed by atoms with van der Waals surface area (Å²) >= 11 is 1.53. The van der Waals surface area contributed by atoms with Gasteiger partial charge in [-0.25, -0.2) is 14.1 Å². The van der Waals surface area contributed by atoms with Crippen molar-refractivity contribution in [2.24, 2.45) is 0 Å². The van der Waals surface area contributed by atoms with Gasteiger partial charge >= 0.3 is 12.0 Å². The minimum absolute atomic E-state index is 0.227. The van der Waals surface area contributed by atoms with Crippen molar-refractivity contribution in [2.45, 2.75) is 18.9 Å². The highest BCUT2D eigenvalue weighted by Crippen LogP contribution is 2.27. The fourth-order valence-corrected chi connectivity index (χ4v) is 3.46. The van der Waals surface area contributed by atoms with Gasteiger partial charge in [0, 0.05) is 11.4 Å². The fourth-order valence-electron chi connectivity index (χ4n) is 2.77. The minimum Gasteiger partial charge on any atom is -0.481 e. The molecule has 1 aromatic heterocycles. The van der Waals surface area contributed by atoms with Gasteiger partial charge in [-0.1, -0.05) is 6.07 Å². The van der Waals surface area contributed by atoms with Crippen molar-refractivity contribution >= 4 is 34.9 Å². The number of urea groups is 1. The SMILES string of the molecule is O=C(O)CC1C(=O)N(c2ccc(F)cc2)C(=O)N1CCc1cccs1. The number of anilines is 1. The first-order valence-corrected chi connectivity index (χ1v) is 8.49. The predicted molar refractivity (Wildman–Crippen MR) is 90.1 cm³/mol. The first-order chi connectivity index (χ1) is 12.0. The molecule has 1 aromatic carbocycles. The van der Waals surface area contributed by atoms with Crippen LogP contribution in [-0.2, 0) is 16.0 Å². The molecule has 1 aliphatic heterocycles. The Kier molecular flexibility index (Phi) is 4.80. The van der Waals surface area contributed by atoms with Gasteiger partial charge in [-0.2, -0.15) is 0 Å². The van der Waals surface area contributed by atoms with Crippen LogP contribution in [0.3, 0.4) is 0 Å². The van der Waals surface area contributed by atoms with Crippen LogP contribution in [0.15, 0.2) is 41.8 Å². The molecule has 0 spiro atoms. The summed E-state index contributed by atoms with van der Waals surface area (Å²) in [4.78, 5) is 39.7. The van der Waals surface area contributed by atoms with Gasteiger partial charge in [-0.15, -0.1) is 11.3 Å². The number of carboxylic acid groups (broad SMARTS) is 1. The Labute approximate surface area is 147 Å². The average molecular weight is 362 g/mol. The number of nitrogens with zero attached hydrogens (tertiary/aromatic N) is 2. The molecule has 25 heavy (non-hydrogen) atoms. The van der Waals surface area contributed by atoms with Gasteiger partial charge < -0.3 is 10.0 Å². The topological polar surface area (TPSA) is 77.9 Å². The molecule has 8 heteroatoms.